The Morgan fingerprint density at radius 1 is 1.00 bits per heavy atom. The zero-order chi connectivity index (χ0) is 23.0. The minimum Gasteiger partial charge on any atom is -0.309 e. The van der Waals surface area contributed by atoms with E-state index in [2.05, 4.69) is 9.62 Å². The zero-order valence-electron chi connectivity index (χ0n) is 19.3. The summed E-state index contributed by atoms with van der Waals surface area (Å²) in [7, 11) is -3.70. The van der Waals surface area contributed by atoms with Gasteiger partial charge in [-0.2, -0.15) is 0 Å². The number of carbonyl (C=O) groups is 1. The van der Waals surface area contributed by atoms with E-state index in [4.69, 9.17) is 0 Å². The molecular formula is C26H33N3O3S. The number of nitrogens with zero attached hydrogens (tertiary/aromatic N) is 2. The Morgan fingerprint density at radius 2 is 1.73 bits per heavy atom. The van der Waals surface area contributed by atoms with Crippen LogP contribution in [0.15, 0.2) is 47.4 Å². The molecule has 5 rings (SSSR count). The lowest BCUT2D eigenvalue weighted by molar-refractivity contribution is -0.125. The molecule has 0 spiro atoms. The Hall–Kier alpha value is -2.38. The number of sulfonamides is 1. The summed E-state index contributed by atoms with van der Waals surface area (Å²) >= 11 is 0. The van der Waals surface area contributed by atoms with Crippen molar-refractivity contribution in [2.24, 2.45) is 5.92 Å². The molecular weight excluding hydrogens is 434 g/mol. The van der Waals surface area contributed by atoms with Gasteiger partial charge in [0.2, 0.25) is 5.91 Å². The summed E-state index contributed by atoms with van der Waals surface area (Å²) in [6, 6.07) is 12.9. The molecule has 2 aromatic rings. The molecule has 1 saturated heterocycles. The molecule has 2 aliphatic heterocycles. The normalized spacial score (nSPS) is 21.5. The van der Waals surface area contributed by atoms with Gasteiger partial charge >= 0.3 is 0 Å². The predicted molar refractivity (Wildman–Crippen MR) is 131 cm³/mol. The highest BCUT2D eigenvalue weighted by Gasteiger charge is 2.37. The molecule has 6 nitrogen and oxygen atoms in total. The van der Waals surface area contributed by atoms with E-state index < -0.39 is 10.0 Å². The van der Waals surface area contributed by atoms with E-state index in [9.17, 15) is 13.2 Å². The maximum absolute atomic E-state index is 13.1. The van der Waals surface area contributed by atoms with Crippen LogP contribution in [-0.4, -0.2) is 38.4 Å². The van der Waals surface area contributed by atoms with Crippen molar-refractivity contribution in [2.75, 3.05) is 22.7 Å². The smallest absolute Gasteiger partial charge is 0.261 e. The van der Waals surface area contributed by atoms with Gasteiger partial charge in [0.1, 0.15) is 0 Å². The lowest BCUT2D eigenvalue weighted by atomic mass is 9.84. The van der Waals surface area contributed by atoms with Gasteiger partial charge in [-0.05, 0) is 93.6 Å². The second-order valence-corrected chi connectivity index (χ2v) is 11.5. The molecule has 7 heteroatoms. The van der Waals surface area contributed by atoms with Gasteiger partial charge in [-0.15, -0.1) is 0 Å². The minimum absolute atomic E-state index is 0.0615. The molecule has 1 atom stereocenters. The highest BCUT2D eigenvalue weighted by molar-refractivity contribution is 7.92. The molecule has 1 N–H and O–H groups in total. The molecule has 0 aromatic heterocycles. The molecule has 33 heavy (non-hydrogen) atoms. The third-order valence-corrected chi connectivity index (χ3v) is 8.71. The summed E-state index contributed by atoms with van der Waals surface area (Å²) in [6.07, 6.45) is 7.55. The van der Waals surface area contributed by atoms with Gasteiger partial charge in [0.15, 0.2) is 0 Å². The van der Waals surface area contributed by atoms with Crippen molar-refractivity contribution in [3.05, 3.63) is 53.6 Å². The molecule has 0 bridgehead atoms. The average molecular weight is 468 g/mol. The number of benzene rings is 2. The van der Waals surface area contributed by atoms with Crippen LogP contribution >= 0.6 is 0 Å². The first-order chi connectivity index (χ1) is 15.9. The molecule has 3 aliphatic rings. The quantitative estimate of drug-likeness (QED) is 0.677. The number of hydrogen-bond donors (Lipinski definition) is 1. The van der Waals surface area contributed by atoms with E-state index in [0.29, 0.717) is 12.1 Å². The minimum atomic E-state index is -3.70. The summed E-state index contributed by atoms with van der Waals surface area (Å²) < 4.78 is 28.8. The highest BCUT2D eigenvalue weighted by atomic mass is 32.2. The van der Waals surface area contributed by atoms with Gasteiger partial charge in [-0.25, -0.2) is 8.42 Å². The van der Waals surface area contributed by atoms with Crippen LogP contribution in [0.3, 0.4) is 0 Å². The van der Waals surface area contributed by atoms with Crippen LogP contribution in [0.1, 0.15) is 56.6 Å². The fraction of sp³-hybridized carbons (Fsp3) is 0.500. The van der Waals surface area contributed by atoms with Crippen molar-refractivity contribution >= 4 is 27.3 Å². The Bertz CT molecular complexity index is 1120. The second kappa shape index (κ2) is 9.11. The first kappa shape index (κ1) is 22.4. The summed E-state index contributed by atoms with van der Waals surface area (Å²) in [5, 5.41) is 0. The summed E-state index contributed by atoms with van der Waals surface area (Å²) in [4.78, 5) is 17.4. The van der Waals surface area contributed by atoms with Gasteiger partial charge in [0.25, 0.3) is 10.0 Å². The van der Waals surface area contributed by atoms with Crippen molar-refractivity contribution in [1.29, 1.82) is 0 Å². The number of carbonyl (C=O) groups excluding carboxylic acids is 1. The third-order valence-electron chi connectivity index (χ3n) is 7.33. The van der Waals surface area contributed by atoms with E-state index in [1.165, 1.54) is 24.8 Å². The van der Waals surface area contributed by atoms with Gasteiger partial charge in [0.05, 0.1) is 4.90 Å². The molecule has 2 heterocycles. The highest BCUT2D eigenvalue weighted by Crippen LogP contribution is 2.38. The van der Waals surface area contributed by atoms with E-state index in [1.54, 1.807) is 18.2 Å². The largest absolute Gasteiger partial charge is 0.309 e. The van der Waals surface area contributed by atoms with E-state index >= 15 is 0 Å². The van der Waals surface area contributed by atoms with Crippen molar-refractivity contribution < 1.29 is 13.2 Å². The lowest BCUT2D eigenvalue weighted by Crippen LogP contribution is -2.42. The van der Waals surface area contributed by atoms with Crippen LogP contribution in [0.25, 0.3) is 0 Å². The number of fused-ring (bicyclic) bond motifs is 1. The monoisotopic (exact) mass is 467 g/mol. The van der Waals surface area contributed by atoms with Crippen molar-refractivity contribution in [3.8, 4) is 0 Å². The Morgan fingerprint density at radius 3 is 2.39 bits per heavy atom. The first-order valence-corrected chi connectivity index (χ1v) is 13.7. The van der Waals surface area contributed by atoms with Crippen LogP contribution in [0.5, 0.6) is 0 Å². The molecule has 1 amide bonds. The van der Waals surface area contributed by atoms with Crippen molar-refractivity contribution in [1.82, 2.24) is 4.90 Å². The first-order valence-electron chi connectivity index (χ1n) is 12.2. The van der Waals surface area contributed by atoms with E-state index in [-0.39, 0.29) is 22.8 Å². The van der Waals surface area contributed by atoms with Gasteiger partial charge in [-0.3, -0.25) is 14.4 Å². The number of piperidine rings is 1. The van der Waals surface area contributed by atoms with Crippen molar-refractivity contribution in [3.63, 3.8) is 0 Å². The van der Waals surface area contributed by atoms with E-state index in [1.807, 2.05) is 36.1 Å². The Labute approximate surface area is 197 Å². The van der Waals surface area contributed by atoms with Crippen LogP contribution in [0.2, 0.25) is 0 Å². The average Bonchev–Trinajstić information content (AvgIpc) is 3.09. The topological polar surface area (TPSA) is 69.7 Å². The van der Waals surface area contributed by atoms with Crippen LogP contribution in [0, 0.1) is 5.92 Å². The SMILES string of the molecule is CC1Cc2cc(S(=O)(=O)Nc3ccc(CN4CCCCC4)cc3)ccc2N1C(=O)C1CCC1. The number of hydrogen-bond acceptors (Lipinski definition) is 4. The number of likely N-dealkylation sites (tertiary alicyclic amines) is 1. The van der Waals surface area contributed by atoms with Crippen LogP contribution in [-0.2, 0) is 27.8 Å². The number of rotatable bonds is 6. The third kappa shape index (κ3) is 4.66. The van der Waals surface area contributed by atoms with Gasteiger partial charge in [-0.1, -0.05) is 25.0 Å². The van der Waals surface area contributed by atoms with Gasteiger partial charge < -0.3 is 4.90 Å². The van der Waals surface area contributed by atoms with E-state index in [0.717, 1.165) is 50.1 Å². The Balaban J connectivity index is 1.28. The van der Waals surface area contributed by atoms with Gasteiger partial charge in [0, 0.05) is 29.9 Å². The number of anilines is 2. The molecule has 2 fully saturated rings. The van der Waals surface area contributed by atoms with Crippen LogP contribution < -0.4 is 9.62 Å². The molecule has 176 valence electrons. The second-order valence-electron chi connectivity index (χ2n) is 9.82. The maximum Gasteiger partial charge on any atom is 0.261 e. The maximum atomic E-state index is 13.1. The molecule has 0 radical (unpaired) electrons. The zero-order valence-corrected chi connectivity index (χ0v) is 20.1. The predicted octanol–water partition coefficient (Wildman–Crippen LogP) is 4.55. The van der Waals surface area contributed by atoms with Crippen molar-refractivity contribution in [2.45, 2.75) is 69.4 Å². The summed E-state index contributed by atoms with van der Waals surface area (Å²) in [6.45, 7) is 5.21. The number of amides is 1. The standard InChI is InChI=1S/C26H33N3O3S/c1-19-16-22-17-24(12-13-25(22)29(19)26(30)21-6-5-7-21)33(31,32)27-23-10-8-20(9-11-23)18-28-14-3-2-4-15-28/h8-13,17,19,21,27H,2-7,14-16,18H2,1H3. The molecule has 1 unspecified atom stereocenters. The summed E-state index contributed by atoms with van der Waals surface area (Å²) in [5.74, 6) is 0.312. The fourth-order valence-electron chi connectivity index (χ4n) is 5.23. The Kier molecular flexibility index (Phi) is 6.18. The molecule has 1 saturated carbocycles. The van der Waals surface area contributed by atoms with Crippen LogP contribution in [0.4, 0.5) is 11.4 Å². The molecule has 2 aromatic carbocycles. The fourth-order valence-corrected chi connectivity index (χ4v) is 6.34. The lowest BCUT2D eigenvalue weighted by Gasteiger charge is -2.32. The summed E-state index contributed by atoms with van der Waals surface area (Å²) in [5.41, 5.74) is 3.55. The molecule has 1 aliphatic carbocycles. The number of nitrogens with one attached hydrogen (secondary N) is 1.